The van der Waals surface area contributed by atoms with Gasteiger partial charge in [0, 0.05) is 26.7 Å². The molecule has 156 valence electrons. The third kappa shape index (κ3) is 6.13. The number of benzene rings is 1. The SMILES string of the molecule is COCCNC(=O)[C@H](C#N)c1nc2ccccc2nc1N(CC(C)C)CC(C)C. The highest BCUT2D eigenvalue weighted by Crippen LogP contribution is 2.28. The van der Waals surface area contributed by atoms with Crippen molar-refractivity contribution in [3.8, 4) is 6.07 Å². The van der Waals surface area contributed by atoms with E-state index in [0.29, 0.717) is 42.0 Å². The fourth-order valence-electron chi connectivity index (χ4n) is 3.18. The number of aromatic nitrogens is 2. The van der Waals surface area contributed by atoms with Crippen molar-refractivity contribution in [2.75, 3.05) is 38.3 Å². The second-order valence-electron chi connectivity index (χ2n) is 7.96. The number of ether oxygens (including phenoxy) is 1. The van der Waals surface area contributed by atoms with E-state index in [2.05, 4.69) is 44.0 Å². The lowest BCUT2D eigenvalue weighted by Crippen LogP contribution is -2.36. The van der Waals surface area contributed by atoms with E-state index in [1.807, 2.05) is 24.3 Å². The first kappa shape index (κ1) is 22.6. The van der Waals surface area contributed by atoms with Gasteiger partial charge in [0.1, 0.15) is 5.69 Å². The number of nitriles is 1. The molecule has 0 saturated carbocycles. The molecule has 0 unspecified atom stereocenters. The second kappa shape index (κ2) is 10.7. The third-order valence-corrected chi connectivity index (χ3v) is 4.32. The summed E-state index contributed by atoms with van der Waals surface area (Å²) in [4.78, 5) is 24.4. The van der Waals surface area contributed by atoms with Crippen molar-refractivity contribution in [3.63, 3.8) is 0 Å². The molecule has 0 saturated heterocycles. The fraction of sp³-hybridized carbons (Fsp3) is 0.545. The van der Waals surface area contributed by atoms with Crippen molar-refractivity contribution >= 4 is 22.8 Å². The Morgan fingerprint density at radius 2 is 1.72 bits per heavy atom. The van der Waals surface area contributed by atoms with Crippen molar-refractivity contribution in [3.05, 3.63) is 30.0 Å². The minimum atomic E-state index is -1.04. The molecule has 1 atom stereocenters. The Morgan fingerprint density at radius 3 is 2.24 bits per heavy atom. The lowest BCUT2D eigenvalue weighted by atomic mass is 10.0. The summed E-state index contributed by atoms with van der Waals surface area (Å²) in [7, 11) is 1.57. The highest BCUT2D eigenvalue weighted by molar-refractivity contribution is 5.88. The lowest BCUT2D eigenvalue weighted by Gasteiger charge is -2.29. The first-order chi connectivity index (χ1) is 13.9. The summed E-state index contributed by atoms with van der Waals surface area (Å²) in [5.41, 5.74) is 1.83. The average molecular weight is 398 g/mol. The number of amides is 1. The number of para-hydroxylation sites is 2. The van der Waals surface area contributed by atoms with Gasteiger partial charge in [0.05, 0.1) is 23.7 Å². The van der Waals surface area contributed by atoms with E-state index in [-0.39, 0.29) is 5.91 Å². The van der Waals surface area contributed by atoms with Gasteiger partial charge in [0.15, 0.2) is 11.7 Å². The van der Waals surface area contributed by atoms with Gasteiger partial charge in [-0.25, -0.2) is 9.97 Å². The number of nitrogens with one attached hydrogen (secondary N) is 1. The van der Waals surface area contributed by atoms with E-state index < -0.39 is 5.92 Å². The van der Waals surface area contributed by atoms with Crippen molar-refractivity contribution in [1.29, 1.82) is 5.26 Å². The van der Waals surface area contributed by atoms with Crippen LogP contribution in [-0.4, -0.2) is 49.2 Å². The predicted octanol–water partition coefficient (Wildman–Crippen LogP) is 3.12. The first-order valence-electron chi connectivity index (χ1n) is 10.0. The molecule has 0 aliphatic heterocycles. The van der Waals surface area contributed by atoms with Crippen LogP contribution in [0.5, 0.6) is 0 Å². The highest BCUT2D eigenvalue weighted by Gasteiger charge is 2.29. The van der Waals surface area contributed by atoms with Gasteiger partial charge in [0.25, 0.3) is 0 Å². The molecule has 0 aliphatic rings. The molecule has 2 rings (SSSR count). The van der Waals surface area contributed by atoms with Gasteiger partial charge in [0.2, 0.25) is 5.91 Å². The largest absolute Gasteiger partial charge is 0.383 e. The minimum absolute atomic E-state index is 0.339. The molecule has 2 aromatic rings. The van der Waals surface area contributed by atoms with Gasteiger partial charge in [-0.3, -0.25) is 4.79 Å². The molecule has 0 radical (unpaired) electrons. The molecule has 7 heteroatoms. The lowest BCUT2D eigenvalue weighted by molar-refractivity contribution is -0.121. The zero-order valence-electron chi connectivity index (χ0n) is 18.0. The van der Waals surface area contributed by atoms with Crippen LogP contribution in [0.25, 0.3) is 11.0 Å². The maximum Gasteiger partial charge on any atom is 0.243 e. The van der Waals surface area contributed by atoms with Crippen LogP contribution in [-0.2, 0) is 9.53 Å². The van der Waals surface area contributed by atoms with Crippen LogP contribution in [0.3, 0.4) is 0 Å². The normalized spacial score (nSPS) is 12.2. The number of rotatable bonds is 10. The quantitative estimate of drug-likeness (QED) is 0.620. The fourth-order valence-corrected chi connectivity index (χ4v) is 3.18. The van der Waals surface area contributed by atoms with E-state index in [1.54, 1.807) is 7.11 Å². The number of carbonyl (C=O) groups is 1. The van der Waals surface area contributed by atoms with Crippen LogP contribution in [0.4, 0.5) is 5.82 Å². The zero-order chi connectivity index (χ0) is 21.4. The molecule has 1 aromatic carbocycles. The average Bonchev–Trinajstić information content (AvgIpc) is 2.67. The molecular formula is C22H31N5O2. The summed E-state index contributed by atoms with van der Waals surface area (Å²) < 4.78 is 4.98. The Kier molecular flexibility index (Phi) is 8.34. The summed E-state index contributed by atoms with van der Waals surface area (Å²) in [6.45, 7) is 10.8. The Balaban J connectivity index is 2.56. The van der Waals surface area contributed by atoms with Crippen molar-refractivity contribution in [2.45, 2.75) is 33.6 Å². The van der Waals surface area contributed by atoms with Crippen LogP contribution in [0.1, 0.15) is 39.3 Å². The van der Waals surface area contributed by atoms with E-state index in [0.717, 1.165) is 18.6 Å². The monoisotopic (exact) mass is 397 g/mol. The molecule has 0 fully saturated rings. The number of hydrogen-bond acceptors (Lipinski definition) is 6. The predicted molar refractivity (Wildman–Crippen MR) is 115 cm³/mol. The van der Waals surface area contributed by atoms with Crippen molar-refractivity contribution < 1.29 is 9.53 Å². The van der Waals surface area contributed by atoms with Crippen molar-refractivity contribution in [2.24, 2.45) is 11.8 Å². The Morgan fingerprint density at radius 1 is 1.14 bits per heavy atom. The maximum atomic E-state index is 12.7. The van der Waals surface area contributed by atoms with Crippen LogP contribution in [0.15, 0.2) is 24.3 Å². The summed E-state index contributed by atoms with van der Waals surface area (Å²) in [6, 6.07) is 9.67. The van der Waals surface area contributed by atoms with Gasteiger partial charge >= 0.3 is 0 Å². The molecule has 0 aliphatic carbocycles. The number of carbonyl (C=O) groups excluding carboxylic acids is 1. The second-order valence-corrected chi connectivity index (χ2v) is 7.96. The first-order valence-corrected chi connectivity index (χ1v) is 10.0. The summed E-state index contributed by atoms with van der Waals surface area (Å²) >= 11 is 0. The summed E-state index contributed by atoms with van der Waals surface area (Å²) in [6.07, 6.45) is 0. The molecule has 1 heterocycles. The molecule has 7 nitrogen and oxygen atoms in total. The van der Waals surface area contributed by atoms with E-state index in [9.17, 15) is 10.1 Å². The van der Waals surface area contributed by atoms with Gasteiger partial charge in [-0.1, -0.05) is 39.8 Å². The van der Waals surface area contributed by atoms with Crippen molar-refractivity contribution in [1.82, 2.24) is 15.3 Å². The number of anilines is 1. The van der Waals surface area contributed by atoms with Crippen LogP contribution in [0.2, 0.25) is 0 Å². The summed E-state index contributed by atoms with van der Waals surface area (Å²) in [5.74, 6) is -0.0263. The Bertz CT molecular complexity index is 850. The number of fused-ring (bicyclic) bond motifs is 1. The standard InChI is InChI=1S/C22H31N5O2/c1-15(2)13-27(14-16(3)4)21-20(17(12-23)22(28)24-10-11-29-5)25-18-8-6-7-9-19(18)26-21/h6-9,15-17H,10-11,13-14H2,1-5H3,(H,24,28)/t17-/m1/s1. The Labute approximate surface area is 173 Å². The number of nitrogens with zero attached hydrogens (tertiary/aromatic N) is 4. The molecule has 1 amide bonds. The van der Waals surface area contributed by atoms with Crippen LogP contribution < -0.4 is 10.2 Å². The van der Waals surface area contributed by atoms with E-state index >= 15 is 0 Å². The third-order valence-electron chi connectivity index (χ3n) is 4.32. The molecule has 29 heavy (non-hydrogen) atoms. The molecule has 0 bridgehead atoms. The molecule has 0 spiro atoms. The molecule has 1 aromatic heterocycles. The maximum absolute atomic E-state index is 12.7. The molecular weight excluding hydrogens is 366 g/mol. The minimum Gasteiger partial charge on any atom is -0.383 e. The van der Waals surface area contributed by atoms with Gasteiger partial charge < -0.3 is 15.0 Å². The summed E-state index contributed by atoms with van der Waals surface area (Å²) in [5, 5.41) is 12.6. The van der Waals surface area contributed by atoms with E-state index in [1.165, 1.54) is 0 Å². The van der Waals surface area contributed by atoms with Gasteiger partial charge in [-0.05, 0) is 24.0 Å². The van der Waals surface area contributed by atoms with Crippen LogP contribution in [0, 0.1) is 23.2 Å². The Hall–Kier alpha value is -2.72. The number of hydrogen-bond donors (Lipinski definition) is 1. The highest BCUT2D eigenvalue weighted by atomic mass is 16.5. The van der Waals surface area contributed by atoms with Gasteiger partial charge in [-0.15, -0.1) is 0 Å². The smallest absolute Gasteiger partial charge is 0.243 e. The van der Waals surface area contributed by atoms with E-state index in [4.69, 9.17) is 14.7 Å². The number of methoxy groups -OCH3 is 1. The molecule has 1 N–H and O–H groups in total. The topological polar surface area (TPSA) is 91.1 Å². The zero-order valence-corrected chi connectivity index (χ0v) is 18.0. The van der Waals surface area contributed by atoms with Gasteiger partial charge in [-0.2, -0.15) is 5.26 Å². The van der Waals surface area contributed by atoms with Crippen LogP contribution >= 0.6 is 0 Å².